The molecule has 0 heterocycles. The second-order valence-electron chi connectivity index (χ2n) is 3.72. The third-order valence-corrected chi connectivity index (χ3v) is 4.08. The first-order valence-corrected chi connectivity index (χ1v) is 7.35. The fourth-order valence-electron chi connectivity index (χ4n) is 1.47. The Kier molecular flexibility index (Phi) is 6.30. The lowest BCUT2D eigenvalue weighted by Gasteiger charge is -2.13. The molecule has 1 atom stereocenters. The van der Waals surface area contributed by atoms with Crippen molar-refractivity contribution in [3.05, 3.63) is 24.8 Å². The summed E-state index contributed by atoms with van der Waals surface area (Å²) < 4.78 is 1.71. The van der Waals surface area contributed by atoms with E-state index in [1.807, 2.05) is 12.1 Å². The number of phenols is 1. The summed E-state index contributed by atoms with van der Waals surface area (Å²) in [4.78, 5) is 0. The number of unbranched alkanes of at least 4 members (excludes halogenated alkanes) is 1. The Hall–Kier alpha value is 0.400. The normalized spacial score (nSPS) is 12.8. The highest BCUT2D eigenvalue weighted by Crippen LogP contribution is 2.30. The van der Waals surface area contributed by atoms with Gasteiger partial charge in [-0.2, -0.15) is 0 Å². The van der Waals surface area contributed by atoms with Gasteiger partial charge in [0.05, 0.1) is 7.14 Å². The first kappa shape index (κ1) is 14.5. The number of benzene rings is 1. The van der Waals surface area contributed by atoms with Crippen molar-refractivity contribution >= 4 is 45.2 Å². The van der Waals surface area contributed by atoms with Crippen LogP contribution in [0.1, 0.15) is 30.9 Å². The number of phenolic OH excluding ortho intramolecular Hbond substituents is 1. The summed E-state index contributed by atoms with van der Waals surface area (Å²) in [5.41, 5.74) is 12.6. The molecule has 16 heavy (non-hydrogen) atoms. The first-order chi connectivity index (χ1) is 7.56. The van der Waals surface area contributed by atoms with E-state index >= 15 is 0 Å². The van der Waals surface area contributed by atoms with E-state index in [-0.39, 0.29) is 6.04 Å². The van der Waals surface area contributed by atoms with Gasteiger partial charge in [0.2, 0.25) is 0 Å². The zero-order valence-corrected chi connectivity index (χ0v) is 13.2. The molecule has 0 saturated heterocycles. The second kappa shape index (κ2) is 6.97. The van der Waals surface area contributed by atoms with Gasteiger partial charge < -0.3 is 16.6 Å². The van der Waals surface area contributed by atoms with Crippen molar-refractivity contribution in [3.8, 4) is 5.75 Å². The molecule has 0 aliphatic carbocycles. The lowest BCUT2D eigenvalue weighted by Crippen LogP contribution is -2.11. The van der Waals surface area contributed by atoms with E-state index in [9.17, 15) is 5.11 Å². The highest BCUT2D eigenvalue weighted by Gasteiger charge is 2.11. The lowest BCUT2D eigenvalue weighted by atomic mass is 10.0. The zero-order valence-electron chi connectivity index (χ0n) is 8.92. The van der Waals surface area contributed by atoms with Crippen LogP contribution in [0.15, 0.2) is 12.1 Å². The van der Waals surface area contributed by atoms with Crippen LogP contribution in [0.5, 0.6) is 5.75 Å². The fraction of sp³-hybridized carbons (Fsp3) is 0.455. The Morgan fingerprint density at radius 1 is 1.19 bits per heavy atom. The maximum Gasteiger partial charge on any atom is 0.142 e. The number of hydrogen-bond acceptors (Lipinski definition) is 3. The van der Waals surface area contributed by atoms with E-state index in [1.54, 1.807) is 0 Å². The predicted molar refractivity (Wildman–Crippen MR) is 83.4 cm³/mol. The van der Waals surface area contributed by atoms with Crippen LogP contribution in [0.3, 0.4) is 0 Å². The van der Waals surface area contributed by atoms with Gasteiger partial charge >= 0.3 is 0 Å². The molecule has 0 aliphatic rings. The van der Waals surface area contributed by atoms with Gasteiger partial charge in [0.25, 0.3) is 0 Å². The molecule has 1 aromatic carbocycles. The molecule has 0 amide bonds. The molecular formula is C11H16I2N2O. The topological polar surface area (TPSA) is 72.3 Å². The summed E-state index contributed by atoms with van der Waals surface area (Å²) in [7, 11) is 0. The van der Waals surface area contributed by atoms with Crippen molar-refractivity contribution in [3.63, 3.8) is 0 Å². The highest BCUT2D eigenvalue weighted by molar-refractivity contribution is 14.1. The Balaban J connectivity index is 2.72. The second-order valence-corrected chi connectivity index (χ2v) is 6.05. The molecule has 0 aliphatic heterocycles. The molecule has 90 valence electrons. The molecule has 0 fully saturated rings. The number of hydrogen-bond donors (Lipinski definition) is 3. The molecule has 0 aromatic heterocycles. The van der Waals surface area contributed by atoms with Gasteiger partial charge in [0, 0.05) is 6.04 Å². The number of aromatic hydroxyl groups is 1. The lowest BCUT2D eigenvalue weighted by molar-refractivity contribution is 0.466. The number of rotatable bonds is 5. The number of nitrogens with two attached hydrogens (primary N) is 2. The van der Waals surface area contributed by atoms with Gasteiger partial charge in [-0.25, -0.2) is 0 Å². The van der Waals surface area contributed by atoms with Crippen LogP contribution in [0.25, 0.3) is 0 Å². The summed E-state index contributed by atoms with van der Waals surface area (Å²) in [6, 6.07) is 3.94. The monoisotopic (exact) mass is 446 g/mol. The van der Waals surface area contributed by atoms with Crippen LogP contribution in [0.4, 0.5) is 0 Å². The maximum atomic E-state index is 9.65. The maximum absolute atomic E-state index is 9.65. The number of halogens is 2. The average Bonchev–Trinajstić information content (AvgIpc) is 2.25. The van der Waals surface area contributed by atoms with Gasteiger partial charge in [-0.1, -0.05) is 6.42 Å². The van der Waals surface area contributed by atoms with Crippen molar-refractivity contribution in [1.82, 2.24) is 0 Å². The molecule has 5 N–H and O–H groups in total. The molecule has 0 unspecified atom stereocenters. The van der Waals surface area contributed by atoms with E-state index in [4.69, 9.17) is 11.5 Å². The van der Waals surface area contributed by atoms with Crippen LogP contribution in [0.2, 0.25) is 0 Å². The van der Waals surface area contributed by atoms with Crippen molar-refractivity contribution < 1.29 is 5.11 Å². The Labute approximate surface area is 123 Å². The minimum atomic E-state index is 0.0363. The van der Waals surface area contributed by atoms with Crippen LogP contribution in [-0.4, -0.2) is 11.7 Å². The average molecular weight is 446 g/mol. The Morgan fingerprint density at radius 3 is 2.25 bits per heavy atom. The van der Waals surface area contributed by atoms with Gasteiger partial charge in [-0.15, -0.1) is 0 Å². The molecular weight excluding hydrogens is 430 g/mol. The summed E-state index contributed by atoms with van der Waals surface area (Å²) in [6.07, 6.45) is 3.00. The minimum absolute atomic E-state index is 0.0363. The van der Waals surface area contributed by atoms with Crippen LogP contribution >= 0.6 is 45.2 Å². The highest BCUT2D eigenvalue weighted by atomic mass is 127. The predicted octanol–water partition coefficient (Wildman–Crippen LogP) is 2.73. The van der Waals surface area contributed by atoms with Crippen LogP contribution in [0, 0.1) is 7.14 Å². The quantitative estimate of drug-likeness (QED) is 0.482. The molecule has 0 spiro atoms. The van der Waals surface area contributed by atoms with E-state index < -0.39 is 0 Å². The molecule has 1 aromatic rings. The van der Waals surface area contributed by atoms with E-state index in [1.165, 1.54) is 0 Å². The molecule has 0 radical (unpaired) electrons. The SMILES string of the molecule is NCCCC[C@H](N)c1cc(I)c(O)c(I)c1. The summed E-state index contributed by atoms with van der Waals surface area (Å²) in [6.45, 7) is 0.720. The van der Waals surface area contributed by atoms with Crippen molar-refractivity contribution in [2.75, 3.05) is 6.54 Å². The van der Waals surface area contributed by atoms with Gasteiger partial charge in [-0.05, 0) is 82.3 Å². The van der Waals surface area contributed by atoms with E-state index in [0.29, 0.717) is 5.75 Å². The van der Waals surface area contributed by atoms with Gasteiger partial charge in [-0.3, -0.25) is 0 Å². The summed E-state index contributed by atoms with van der Waals surface area (Å²) in [5.74, 6) is 0.346. The van der Waals surface area contributed by atoms with Gasteiger partial charge in [0.1, 0.15) is 5.75 Å². The molecule has 5 heteroatoms. The third-order valence-electron chi connectivity index (χ3n) is 2.44. The Bertz CT molecular complexity index is 335. The largest absolute Gasteiger partial charge is 0.506 e. The molecule has 1 rings (SSSR count). The van der Waals surface area contributed by atoms with Crippen molar-refractivity contribution in [1.29, 1.82) is 0 Å². The van der Waals surface area contributed by atoms with Crippen molar-refractivity contribution in [2.45, 2.75) is 25.3 Å². The first-order valence-electron chi connectivity index (χ1n) is 5.19. The Morgan fingerprint density at radius 2 is 1.75 bits per heavy atom. The molecule has 0 bridgehead atoms. The van der Waals surface area contributed by atoms with Crippen LogP contribution < -0.4 is 11.5 Å². The van der Waals surface area contributed by atoms with Gasteiger partial charge in [0.15, 0.2) is 0 Å². The van der Waals surface area contributed by atoms with Crippen LogP contribution in [-0.2, 0) is 0 Å². The van der Waals surface area contributed by atoms with E-state index in [2.05, 4.69) is 45.2 Å². The smallest absolute Gasteiger partial charge is 0.142 e. The zero-order chi connectivity index (χ0) is 12.1. The minimum Gasteiger partial charge on any atom is -0.506 e. The molecule has 3 nitrogen and oxygen atoms in total. The standard InChI is InChI=1S/C11H16I2N2O/c12-8-5-7(6-9(13)11(8)16)10(15)3-1-2-4-14/h5-6,10,16H,1-4,14-15H2/t10-/m0/s1. The summed E-state index contributed by atoms with van der Waals surface area (Å²) in [5, 5.41) is 9.65. The van der Waals surface area contributed by atoms with E-state index in [0.717, 1.165) is 38.5 Å². The van der Waals surface area contributed by atoms with Crippen molar-refractivity contribution in [2.24, 2.45) is 11.5 Å². The molecule has 0 saturated carbocycles. The summed E-state index contributed by atoms with van der Waals surface area (Å²) >= 11 is 4.25. The fourth-order valence-corrected chi connectivity index (χ4v) is 3.29. The third kappa shape index (κ3) is 4.01.